The van der Waals surface area contributed by atoms with Crippen molar-refractivity contribution in [2.24, 2.45) is 5.92 Å². The van der Waals surface area contributed by atoms with Crippen LogP contribution in [0.1, 0.15) is 29.6 Å². The zero-order chi connectivity index (χ0) is 12.3. The molecule has 2 atom stereocenters. The zero-order valence-corrected chi connectivity index (χ0v) is 11.7. The standard InChI is InChI=1S/C13H16INO2/c14-11-4-2-10(3-5-11)13(17)15-8-9-1-6-12(16)7-9/h2-5,9,12,16H,1,6-8H2,(H,15,17). The molecule has 0 aliphatic heterocycles. The van der Waals surface area contributed by atoms with Gasteiger partial charge in [-0.1, -0.05) is 0 Å². The van der Waals surface area contributed by atoms with Gasteiger partial charge in [-0.15, -0.1) is 0 Å². The van der Waals surface area contributed by atoms with Crippen molar-refractivity contribution in [1.29, 1.82) is 0 Å². The first kappa shape index (κ1) is 12.8. The summed E-state index contributed by atoms with van der Waals surface area (Å²) in [4.78, 5) is 11.8. The summed E-state index contributed by atoms with van der Waals surface area (Å²) in [5.41, 5.74) is 0.698. The molecule has 2 N–H and O–H groups in total. The first-order valence-electron chi connectivity index (χ1n) is 5.87. The molecule has 92 valence electrons. The second kappa shape index (κ2) is 5.82. The van der Waals surface area contributed by atoms with Gasteiger partial charge in [-0.2, -0.15) is 0 Å². The number of rotatable bonds is 3. The molecule has 17 heavy (non-hydrogen) atoms. The van der Waals surface area contributed by atoms with Crippen LogP contribution in [0.4, 0.5) is 0 Å². The third kappa shape index (κ3) is 3.67. The van der Waals surface area contributed by atoms with E-state index in [1.165, 1.54) is 0 Å². The van der Waals surface area contributed by atoms with Gasteiger partial charge in [0.2, 0.25) is 0 Å². The van der Waals surface area contributed by atoms with Crippen LogP contribution in [0.3, 0.4) is 0 Å². The predicted octanol–water partition coefficient (Wildman–Crippen LogP) is 2.18. The summed E-state index contributed by atoms with van der Waals surface area (Å²) in [7, 11) is 0. The van der Waals surface area contributed by atoms with Gasteiger partial charge in [0.1, 0.15) is 0 Å². The van der Waals surface area contributed by atoms with Crippen LogP contribution in [0.2, 0.25) is 0 Å². The predicted molar refractivity (Wildman–Crippen MR) is 74.8 cm³/mol. The Morgan fingerprint density at radius 2 is 2.06 bits per heavy atom. The van der Waals surface area contributed by atoms with Gasteiger partial charge in [0.15, 0.2) is 0 Å². The van der Waals surface area contributed by atoms with Crippen LogP contribution in [0.5, 0.6) is 0 Å². The summed E-state index contributed by atoms with van der Waals surface area (Å²) in [5.74, 6) is 0.403. The summed E-state index contributed by atoms with van der Waals surface area (Å²) >= 11 is 2.21. The quantitative estimate of drug-likeness (QED) is 0.825. The molecule has 0 saturated heterocycles. The van der Waals surface area contributed by atoms with Crippen LogP contribution in [-0.2, 0) is 0 Å². The molecule has 1 aliphatic rings. The smallest absolute Gasteiger partial charge is 0.251 e. The number of carbonyl (C=O) groups excluding carboxylic acids is 1. The van der Waals surface area contributed by atoms with Crippen LogP contribution < -0.4 is 5.32 Å². The number of aliphatic hydroxyl groups excluding tert-OH is 1. The Kier molecular flexibility index (Phi) is 4.39. The lowest BCUT2D eigenvalue weighted by molar-refractivity contribution is 0.0945. The summed E-state index contributed by atoms with van der Waals surface area (Å²) < 4.78 is 1.12. The van der Waals surface area contributed by atoms with E-state index in [1.54, 1.807) is 0 Å². The van der Waals surface area contributed by atoms with Crippen molar-refractivity contribution in [2.45, 2.75) is 25.4 Å². The van der Waals surface area contributed by atoms with Crippen molar-refractivity contribution >= 4 is 28.5 Å². The highest BCUT2D eigenvalue weighted by molar-refractivity contribution is 14.1. The molecule has 1 amide bonds. The second-order valence-electron chi connectivity index (χ2n) is 4.55. The molecule has 3 nitrogen and oxygen atoms in total. The molecule has 0 radical (unpaired) electrons. The number of hydrogen-bond acceptors (Lipinski definition) is 2. The molecule has 2 rings (SSSR count). The maximum Gasteiger partial charge on any atom is 0.251 e. The zero-order valence-electron chi connectivity index (χ0n) is 9.53. The van der Waals surface area contributed by atoms with Gasteiger partial charge in [-0.25, -0.2) is 0 Å². The van der Waals surface area contributed by atoms with Crippen molar-refractivity contribution in [3.05, 3.63) is 33.4 Å². The number of carbonyl (C=O) groups is 1. The highest BCUT2D eigenvalue weighted by Gasteiger charge is 2.22. The lowest BCUT2D eigenvalue weighted by atomic mass is 10.1. The minimum absolute atomic E-state index is 0.0252. The van der Waals surface area contributed by atoms with E-state index < -0.39 is 0 Å². The highest BCUT2D eigenvalue weighted by Crippen LogP contribution is 2.24. The van der Waals surface area contributed by atoms with Gasteiger partial charge in [0, 0.05) is 15.7 Å². The van der Waals surface area contributed by atoms with Gasteiger partial charge < -0.3 is 10.4 Å². The molecule has 1 aromatic carbocycles. The number of nitrogens with one attached hydrogen (secondary N) is 1. The molecule has 0 heterocycles. The molecule has 0 aromatic heterocycles. The van der Waals surface area contributed by atoms with Crippen LogP contribution in [-0.4, -0.2) is 23.7 Å². The Bertz CT molecular complexity index is 391. The van der Waals surface area contributed by atoms with E-state index in [1.807, 2.05) is 24.3 Å². The molecular formula is C13H16INO2. The first-order valence-corrected chi connectivity index (χ1v) is 6.95. The van der Waals surface area contributed by atoms with E-state index in [9.17, 15) is 9.90 Å². The molecule has 0 spiro atoms. The first-order chi connectivity index (χ1) is 8.15. The fourth-order valence-electron chi connectivity index (χ4n) is 2.17. The van der Waals surface area contributed by atoms with Gasteiger partial charge >= 0.3 is 0 Å². The number of hydrogen-bond donors (Lipinski definition) is 2. The van der Waals surface area contributed by atoms with Crippen LogP contribution in [0.15, 0.2) is 24.3 Å². The minimum Gasteiger partial charge on any atom is -0.393 e. The lowest BCUT2D eigenvalue weighted by Crippen LogP contribution is -2.28. The maximum absolute atomic E-state index is 11.8. The summed E-state index contributed by atoms with van der Waals surface area (Å²) in [6.45, 7) is 0.669. The molecule has 1 aliphatic carbocycles. The fraction of sp³-hybridized carbons (Fsp3) is 0.462. The molecule has 4 heteroatoms. The third-order valence-electron chi connectivity index (χ3n) is 3.17. The number of halogens is 1. The number of aliphatic hydroxyl groups is 1. The highest BCUT2D eigenvalue weighted by atomic mass is 127. The number of benzene rings is 1. The average molecular weight is 345 g/mol. The summed E-state index contributed by atoms with van der Waals surface area (Å²) in [5, 5.41) is 12.3. The van der Waals surface area contributed by atoms with Gasteiger partial charge in [0.05, 0.1) is 6.10 Å². The topological polar surface area (TPSA) is 49.3 Å². The average Bonchev–Trinajstić information content (AvgIpc) is 2.73. The summed E-state index contributed by atoms with van der Waals surface area (Å²) in [6.07, 6.45) is 2.51. The van der Waals surface area contributed by atoms with E-state index in [2.05, 4.69) is 27.9 Å². The Morgan fingerprint density at radius 3 is 2.65 bits per heavy atom. The lowest BCUT2D eigenvalue weighted by Gasteiger charge is -2.10. The summed E-state index contributed by atoms with van der Waals surface area (Å²) in [6, 6.07) is 7.52. The molecule has 0 bridgehead atoms. The fourth-order valence-corrected chi connectivity index (χ4v) is 2.53. The molecular weight excluding hydrogens is 329 g/mol. The van der Waals surface area contributed by atoms with E-state index >= 15 is 0 Å². The van der Waals surface area contributed by atoms with Gasteiger partial charge in [-0.05, 0) is 72.0 Å². The number of amides is 1. The van der Waals surface area contributed by atoms with E-state index in [4.69, 9.17) is 0 Å². The largest absolute Gasteiger partial charge is 0.393 e. The third-order valence-corrected chi connectivity index (χ3v) is 3.89. The molecule has 1 fully saturated rings. The maximum atomic E-state index is 11.8. The monoisotopic (exact) mass is 345 g/mol. The van der Waals surface area contributed by atoms with E-state index in [0.717, 1.165) is 22.8 Å². The van der Waals surface area contributed by atoms with Gasteiger partial charge in [0.25, 0.3) is 5.91 Å². The van der Waals surface area contributed by atoms with Gasteiger partial charge in [-0.3, -0.25) is 4.79 Å². The Hall–Kier alpha value is -0.620. The van der Waals surface area contributed by atoms with E-state index in [-0.39, 0.29) is 12.0 Å². The van der Waals surface area contributed by atoms with Crippen LogP contribution in [0, 0.1) is 9.49 Å². The molecule has 2 unspecified atom stereocenters. The second-order valence-corrected chi connectivity index (χ2v) is 5.80. The minimum atomic E-state index is -0.171. The molecule has 1 saturated carbocycles. The normalized spacial score (nSPS) is 23.6. The Labute approximate surface area is 115 Å². The van der Waals surface area contributed by atoms with Crippen molar-refractivity contribution in [3.63, 3.8) is 0 Å². The Morgan fingerprint density at radius 1 is 1.35 bits per heavy atom. The van der Waals surface area contributed by atoms with Crippen LogP contribution >= 0.6 is 22.6 Å². The van der Waals surface area contributed by atoms with Crippen molar-refractivity contribution in [3.8, 4) is 0 Å². The van der Waals surface area contributed by atoms with E-state index in [0.29, 0.717) is 18.0 Å². The molecule has 1 aromatic rings. The SMILES string of the molecule is O=C(NCC1CCC(O)C1)c1ccc(I)cc1. The van der Waals surface area contributed by atoms with Crippen molar-refractivity contribution < 1.29 is 9.90 Å². The van der Waals surface area contributed by atoms with Crippen molar-refractivity contribution in [1.82, 2.24) is 5.32 Å². The van der Waals surface area contributed by atoms with Crippen molar-refractivity contribution in [2.75, 3.05) is 6.54 Å². The van der Waals surface area contributed by atoms with Crippen LogP contribution in [0.25, 0.3) is 0 Å². The Balaban J connectivity index is 1.83.